The summed E-state index contributed by atoms with van der Waals surface area (Å²) in [6, 6.07) is 5.16. The van der Waals surface area contributed by atoms with Crippen LogP contribution in [-0.4, -0.2) is 34.0 Å². The number of aliphatic carboxylic acids is 1. The molecule has 2 N–H and O–H groups in total. The van der Waals surface area contributed by atoms with Crippen LogP contribution in [0.15, 0.2) is 18.2 Å². The highest BCUT2D eigenvalue weighted by Gasteiger charge is 2.41. The summed E-state index contributed by atoms with van der Waals surface area (Å²) in [6.07, 6.45) is 1.34. The molecular formula is C16H19Cl2NO3S. The smallest absolute Gasteiger partial charge is 0.329 e. The van der Waals surface area contributed by atoms with Crippen LogP contribution in [0.2, 0.25) is 10.0 Å². The number of nitrogens with one attached hydrogen (secondary N) is 1. The molecule has 1 aliphatic heterocycles. The van der Waals surface area contributed by atoms with Crippen LogP contribution in [0, 0.1) is 5.92 Å². The van der Waals surface area contributed by atoms with Crippen LogP contribution in [0.1, 0.15) is 25.3 Å². The zero-order chi connectivity index (χ0) is 17.0. The highest BCUT2D eigenvalue weighted by molar-refractivity contribution is 7.99. The molecule has 7 heteroatoms. The Labute approximate surface area is 149 Å². The second kappa shape index (κ2) is 7.77. The Balaban J connectivity index is 2.05. The fourth-order valence-electron chi connectivity index (χ4n) is 2.58. The number of carbonyl (C=O) groups excluding carboxylic acids is 1. The van der Waals surface area contributed by atoms with Gasteiger partial charge in [0.2, 0.25) is 5.91 Å². The van der Waals surface area contributed by atoms with Gasteiger partial charge in [0.05, 0.1) is 0 Å². The Kier molecular flexibility index (Phi) is 6.23. The summed E-state index contributed by atoms with van der Waals surface area (Å²) in [5, 5.41) is 13.3. The summed E-state index contributed by atoms with van der Waals surface area (Å²) in [5.74, 6) is -0.110. The molecular weight excluding hydrogens is 357 g/mol. The molecule has 1 aromatic rings. The van der Waals surface area contributed by atoms with Crippen LogP contribution >= 0.6 is 35.0 Å². The zero-order valence-corrected chi connectivity index (χ0v) is 15.1. The van der Waals surface area contributed by atoms with Gasteiger partial charge >= 0.3 is 5.97 Å². The lowest BCUT2D eigenvalue weighted by molar-refractivity contribution is -0.148. The first-order valence-corrected chi connectivity index (χ1v) is 9.32. The van der Waals surface area contributed by atoms with Crippen LogP contribution in [0.25, 0.3) is 0 Å². The normalized spacial score (nSPS) is 18.2. The van der Waals surface area contributed by atoms with Crippen molar-refractivity contribution in [3.63, 3.8) is 0 Å². The molecule has 23 heavy (non-hydrogen) atoms. The molecule has 1 saturated heterocycles. The van der Waals surface area contributed by atoms with Crippen LogP contribution in [0.3, 0.4) is 0 Å². The molecule has 1 fully saturated rings. The summed E-state index contributed by atoms with van der Waals surface area (Å²) in [5.41, 5.74) is -0.317. The van der Waals surface area contributed by atoms with Crippen LogP contribution < -0.4 is 5.32 Å². The standard InChI is InChI=1S/C16H19Cl2NO3S/c1-10(8-11-2-3-12(17)9-13(11)18)14(20)19-16(15(21)22)4-6-23-7-5-16/h2-3,9-10H,4-8H2,1H3,(H,19,20)(H,21,22). The van der Waals surface area contributed by atoms with E-state index in [1.54, 1.807) is 36.9 Å². The van der Waals surface area contributed by atoms with Gasteiger partial charge in [-0.05, 0) is 48.5 Å². The van der Waals surface area contributed by atoms with Crippen molar-refractivity contribution in [2.75, 3.05) is 11.5 Å². The van der Waals surface area contributed by atoms with Crippen molar-refractivity contribution in [3.8, 4) is 0 Å². The fraction of sp³-hybridized carbons (Fsp3) is 0.500. The molecule has 1 aliphatic rings. The maximum Gasteiger partial charge on any atom is 0.329 e. The van der Waals surface area contributed by atoms with E-state index in [0.29, 0.717) is 29.3 Å². The minimum Gasteiger partial charge on any atom is -0.480 e. The number of halogens is 2. The summed E-state index contributed by atoms with van der Waals surface area (Å²) in [7, 11) is 0. The molecule has 1 atom stereocenters. The number of hydrogen-bond acceptors (Lipinski definition) is 3. The Hall–Kier alpha value is -0.910. The molecule has 126 valence electrons. The summed E-state index contributed by atoms with van der Waals surface area (Å²) in [6.45, 7) is 1.77. The summed E-state index contributed by atoms with van der Waals surface area (Å²) >= 11 is 13.7. The van der Waals surface area contributed by atoms with Crippen molar-refractivity contribution in [2.24, 2.45) is 5.92 Å². The van der Waals surface area contributed by atoms with Gasteiger partial charge in [-0.15, -0.1) is 0 Å². The molecule has 1 aromatic carbocycles. The maximum atomic E-state index is 12.5. The molecule has 1 amide bonds. The monoisotopic (exact) mass is 375 g/mol. The van der Waals surface area contributed by atoms with Gasteiger partial charge in [-0.1, -0.05) is 36.2 Å². The van der Waals surface area contributed by atoms with Gasteiger partial charge in [0, 0.05) is 16.0 Å². The van der Waals surface area contributed by atoms with Gasteiger partial charge in [-0.2, -0.15) is 11.8 Å². The lowest BCUT2D eigenvalue weighted by Gasteiger charge is -2.34. The van der Waals surface area contributed by atoms with Crippen molar-refractivity contribution < 1.29 is 14.7 Å². The molecule has 0 aliphatic carbocycles. The van der Waals surface area contributed by atoms with Gasteiger partial charge < -0.3 is 10.4 Å². The topological polar surface area (TPSA) is 66.4 Å². The Morgan fingerprint density at radius 1 is 1.35 bits per heavy atom. The SMILES string of the molecule is CC(Cc1ccc(Cl)cc1Cl)C(=O)NC1(C(=O)O)CCSCC1. The first-order valence-electron chi connectivity index (χ1n) is 7.41. The van der Waals surface area contributed by atoms with Crippen LogP contribution in [0.5, 0.6) is 0 Å². The number of carboxylic acid groups (broad SMARTS) is 1. The third-order valence-electron chi connectivity index (χ3n) is 4.11. The number of thioether (sulfide) groups is 1. The molecule has 0 spiro atoms. The van der Waals surface area contributed by atoms with Gasteiger partial charge in [-0.25, -0.2) is 4.79 Å². The number of hydrogen-bond donors (Lipinski definition) is 2. The number of amides is 1. The second-order valence-corrected chi connectivity index (χ2v) is 7.90. The van der Waals surface area contributed by atoms with Crippen molar-refractivity contribution in [1.29, 1.82) is 0 Å². The van der Waals surface area contributed by atoms with Crippen molar-refractivity contribution in [3.05, 3.63) is 33.8 Å². The number of benzene rings is 1. The highest BCUT2D eigenvalue weighted by Crippen LogP contribution is 2.28. The first-order chi connectivity index (χ1) is 10.8. The largest absolute Gasteiger partial charge is 0.480 e. The Morgan fingerprint density at radius 3 is 2.57 bits per heavy atom. The minimum atomic E-state index is -1.14. The molecule has 1 unspecified atom stereocenters. The molecule has 4 nitrogen and oxygen atoms in total. The molecule has 2 rings (SSSR count). The van der Waals surface area contributed by atoms with Crippen molar-refractivity contribution in [1.82, 2.24) is 5.32 Å². The third-order valence-corrected chi connectivity index (χ3v) is 5.68. The second-order valence-electron chi connectivity index (χ2n) is 5.83. The quantitative estimate of drug-likeness (QED) is 0.824. The van der Waals surface area contributed by atoms with E-state index >= 15 is 0 Å². The van der Waals surface area contributed by atoms with Gasteiger partial charge in [0.25, 0.3) is 0 Å². The molecule has 1 heterocycles. The lowest BCUT2D eigenvalue weighted by Crippen LogP contribution is -2.57. The fourth-order valence-corrected chi connectivity index (χ4v) is 4.26. The van der Waals surface area contributed by atoms with Gasteiger partial charge in [0.1, 0.15) is 5.54 Å². The van der Waals surface area contributed by atoms with E-state index in [4.69, 9.17) is 23.2 Å². The number of carboxylic acids is 1. The molecule has 0 bridgehead atoms. The number of carbonyl (C=O) groups is 2. The van der Waals surface area contributed by atoms with Crippen LogP contribution in [0.4, 0.5) is 0 Å². The average Bonchev–Trinajstić information content (AvgIpc) is 2.50. The Morgan fingerprint density at radius 2 is 2.00 bits per heavy atom. The lowest BCUT2D eigenvalue weighted by atomic mass is 9.90. The van der Waals surface area contributed by atoms with E-state index in [1.165, 1.54) is 0 Å². The molecule has 0 saturated carbocycles. The van der Waals surface area contributed by atoms with E-state index < -0.39 is 11.5 Å². The summed E-state index contributed by atoms with van der Waals surface area (Å²) < 4.78 is 0. The Bertz CT molecular complexity index is 603. The van der Waals surface area contributed by atoms with E-state index in [-0.39, 0.29) is 11.8 Å². The average molecular weight is 376 g/mol. The zero-order valence-electron chi connectivity index (χ0n) is 12.8. The van der Waals surface area contributed by atoms with Crippen LogP contribution in [-0.2, 0) is 16.0 Å². The predicted molar refractivity (Wildman–Crippen MR) is 94.4 cm³/mol. The third kappa shape index (κ3) is 4.55. The van der Waals surface area contributed by atoms with Gasteiger partial charge in [-0.3, -0.25) is 4.79 Å². The highest BCUT2D eigenvalue weighted by atomic mass is 35.5. The molecule has 0 aromatic heterocycles. The van der Waals surface area contributed by atoms with E-state index in [1.807, 2.05) is 0 Å². The maximum absolute atomic E-state index is 12.5. The first kappa shape index (κ1) is 18.4. The van der Waals surface area contributed by atoms with Crippen molar-refractivity contribution in [2.45, 2.75) is 31.7 Å². The number of rotatable bonds is 5. The van der Waals surface area contributed by atoms with Gasteiger partial charge in [0.15, 0.2) is 0 Å². The minimum absolute atomic E-state index is 0.259. The predicted octanol–water partition coefficient (Wildman–Crippen LogP) is 3.64. The van der Waals surface area contributed by atoms with E-state index in [9.17, 15) is 14.7 Å². The van der Waals surface area contributed by atoms with E-state index in [2.05, 4.69) is 5.32 Å². The summed E-state index contributed by atoms with van der Waals surface area (Å²) in [4.78, 5) is 24.1. The van der Waals surface area contributed by atoms with Crippen molar-refractivity contribution >= 4 is 46.8 Å². The molecule has 0 radical (unpaired) electrons. The van der Waals surface area contributed by atoms with E-state index in [0.717, 1.165) is 17.1 Å².